The minimum atomic E-state index is -4.55. The second-order valence-electron chi connectivity index (χ2n) is 5.55. The summed E-state index contributed by atoms with van der Waals surface area (Å²) in [6.45, 7) is -0.621. The van der Waals surface area contributed by atoms with E-state index in [1.54, 1.807) is 0 Å². The van der Waals surface area contributed by atoms with Crippen LogP contribution in [0.2, 0.25) is 0 Å². The van der Waals surface area contributed by atoms with E-state index in [4.69, 9.17) is 5.26 Å². The molecule has 0 bridgehead atoms. The smallest absolute Gasteiger partial charge is 0.325 e. The molecular weight excluding hydrogens is 383 g/mol. The summed E-state index contributed by atoms with van der Waals surface area (Å²) in [4.78, 5) is 12.2. The normalized spacial score (nSPS) is 11.5. The minimum Gasteiger partial charge on any atom is -0.325 e. The van der Waals surface area contributed by atoms with Gasteiger partial charge in [0.15, 0.2) is 0 Å². The van der Waals surface area contributed by atoms with Crippen LogP contribution >= 0.6 is 0 Å². The van der Waals surface area contributed by atoms with Crippen molar-refractivity contribution in [2.45, 2.75) is 6.18 Å². The molecule has 2 rings (SSSR count). The van der Waals surface area contributed by atoms with Gasteiger partial charge in [-0.25, -0.2) is 8.42 Å². The summed E-state index contributed by atoms with van der Waals surface area (Å²) in [5, 5.41) is 11.2. The van der Waals surface area contributed by atoms with E-state index in [9.17, 15) is 26.4 Å². The number of hydrogen-bond donors (Lipinski definition) is 1. The van der Waals surface area contributed by atoms with Crippen LogP contribution in [0.15, 0.2) is 48.5 Å². The average molecular weight is 397 g/mol. The molecule has 1 N–H and O–H groups in total. The van der Waals surface area contributed by atoms with Gasteiger partial charge < -0.3 is 5.32 Å². The highest BCUT2D eigenvalue weighted by Gasteiger charge is 2.30. The Labute approximate surface area is 153 Å². The Kier molecular flexibility index (Phi) is 5.75. The zero-order valence-electron chi connectivity index (χ0n) is 14.0. The molecule has 10 heteroatoms. The number of nitrogens with one attached hydrogen (secondary N) is 1. The maximum absolute atomic E-state index is 12.6. The summed E-state index contributed by atoms with van der Waals surface area (Å²) in [5.41, 5.74) is -0.266. The molecule has 1 amide bonds. The molecule has 0 aliphatic rings. The highest BCUT2D eigenvalue weighted by molar-refractivity contribution is 7.92. The van der Waals surface area contributed by atoms with E-state index in [0.29, 0.717) is 15.6 Å². The molecule has 0 saturated carbocycles. The molecule has 0 saturated heterocycles. The third kappa shape index (κ3) is 5.46. The van der Waals surface area contributed by atoms with E-state index in [1.165, 1.54) is 24.3 Å². The van der Waals surface area contributed by atoms with Crippen molar-refractivity contribution in [3.05, 3.63) is 59.7 Å². The fraction of sp³-hybridized carbons (Fsp3) is 0.176. The number of carbonyl (C=O) groups is 1. The lowest BCUT2D eigenvalue weighted by Crippen LogP contribution is -2.37. The Morgan fingerprint density at radius 2 is 1.67 bits per heavy atom. The lowest BCUT2D eigenvalue weighted by Gasteiger charge is -2.22. The second kappa shape index (κ2) is 7.67. The molecule has 0 radical (unpaired) electrons. The Morgan fingerprint density at radius 1 is 1.11 bits per heavy atom. The second-order valence-corrected chi connectivity index (χ2v) is 7.46. The highest BCUT2D eigenvalue weighted by atomic mass is 32.2. The highest BCUT2D eigenvalue weighted by Crippen LogP contribution is 2.31. The number of carbonyl (C=O) groups excluding carboxylic acids is 1. The number of nitriles is 1. The van der Waals surface area contributed by atoms with Gasteiger partial charge in [0.2, 0.25) is 15.9 Å². The van der Waals surface area contributed by atoms with Crippen LogP contribution in [-0.4, -0.2) is 27.1 Å². The Balaban J connectivity index is 2.19. The molecule has 0 aliphatic carbocycles. The summed E-state index contributed by atoms with van der Waals surface area (Å²) in [6, 6.07) is 11.3. The van der Waals surface area contributed by atoms with Gasteiger partial charge in [0.1, 0.15) is 6.54 Å². The van der Waals surface area contributed by atoms with E-state index in [0.717, 1.165) is 30.5 Å². The van der Waals surface area contributed by atoms with Crippen LogP contribution in [0.3, 0.4) is 0 Å². The zero-order chi connectivity index (χ0) is 20.2. The number of hydrogen-bond acceptors (Lipinski definition) is 4. The fourth-order valence-electron chi connectivity index (χ4n) is 2.18. The monoisotopic (exact) mass is 397 g/mol. The molecule has 142 valence electrons. The standard InChI is InChI=1S/C17H14F3N3O3S/c1-27(25,26)23(15-8-4-13(5-9-15)17(18,19)20)11-16(24)22-14-6-2-12(10-21)3-7-14/h2-9H,11H2,1H3,(H,22,24). The average Bonchev–Trinajstić information content (AvgIpc) is 2.59. The fourth-order valence-corrected chi connectivity index (χ4v) is 3.03. The lowest BCUT2D eigenvalue weighted by molar-refractivity contribution is -0.137. The molecule has 0 fully saturated rings. The Hall–Kier alpha value is -3.06. The van der Waals surface area contributed by atoms with E-state index in [2.05, 4.69) is 5.32 Å². The van der Waals surface area contributed by atoms with Gasteiger partial charge in [0.25, 0.3) is 0 Å². The van der Waals surface area contributed by atoms with Crippen LogP contribution in [-0.2, 0) is 21.0 Å². The van der Waals surface area contributed by atoms with Gasteiger partial charge in [-0.15, -0.1) is 0 Å². The molecule has 0 heterocycles. The molecule has 0 aromatic heterocycles. The number of benzene rings is 2. The number of amides is 1. The van der Waals surface area contributed by atoms with Gasteiger partial charge in [-0.3, -0.25) is 9.10 Å². The van der Waals surface area contributed by atoms with E-state index >= 15 is 0 Å². The topological polar surface area (TPSA) is 90.3 Å². The van der Waals surface area contributed by atoms with Gasteiger partial charge in [-0.05, 0) is 48.5 Å². The van der Waals surface area contributed by atoms with Crippen molar-refractivity contribution in [2.24, 2.45) is 0 Å². The summed E-state index contributed by atoms with van der Waals surface area (Å²) in [5.74, 6) is -0.690. The van der Waals surface area contributed by atoms with Crippen LogP contribution in [0.25, 0.3) is 0 Å². The molecule has 2 aromatic rings. The molecule has 2 aromatic carbocycles. The van der Waals surface area contributed by atoms with Gasteiger partial charge in [-0.2, -0.15) is 18.4 Å². The predicted molar refractivity (Wildman–Crippen MR) is 93.4 cm³/mol. The van der Waals surface area contributed by atoms with Crippen LogP contribution in [0, 0.1) is 11.3 Å². The minimum absolute atomic E-state index is 0.0690. The molecule has 0 spiro atoms. The number of rotatable bonds is 5. The van der Waals surface area contributed by atoms with Gasteiger partial charge in [0.05, 0.1) is 29.1 Å². The number of sulfonamides is 1. The summed E-state index contributed by atoms with van der Waals surface area (Å²) in [7, 11) is -3.92. The molecule has 6 nitrogen and oxygen atoms in total. The first-order chi connectivity index (χ1) is 12.5. The Bertz CT molecular complexity index is 964. The first-order valence-corrected chi connectivity index (χ1v) is 9.30. The number of alkyl halides is 3. The lowest BCUT2D eigenvalue weighted by atomic mass is 10.2. The van der Waals surface area contributed by atoms with Crippen LogP contribution < -0.4 is 9.62 Å². The molecule has 0 unspecified atom stereocenters. The zero-order valence-corrected chi connectivity index (χ0v) is 14.8. The first kappa shape index (κ1) is 20.3. The third-order valence-corrected chi connectivity index (χ3v) is 4.61. The maximum Gasteiger partial charge on any atom is 0.416 e. The maximum atomic E-state index is 12.6. The molecule has 27 heavy (non-hydrogen) atoms. The van der Waals surface area contributed by atoms with Crippen LogP contribution in [0.1, 0.15) is 11.1 Å². The summed E-state index contributed by atoms with van der Waals surface area (Å²) in [6.07, 6.45) is -3.71. The number of halogens is 3. The summed E-state index contributed by atoms with van der Waals surface area (Å²) >= 11 is 0. The largest absolute Gasteiger partial charge is 0.416 e. The predicted octanol–water partition coefficient (Wildman–Crippen LogP) is 2.98. The van der Waals surface area contributed by atoms with Crippen molar-refractivity contribution in [1.29, 1.82) is 5.26 Å². The molecular formula is C17H14F3N3O3S. The van der Waals surface area contributed by atoms with Crippen molar-refractivity contribution < 1.29 is 26.4 Å². The first-order valence-electron chi connectivity index (χ1n) is 7.45. The summed E-state index contributed by atoms with van der Waals surface area (Å²) < 4.78 is 62.6. The SMILES string of the molecule is CS(=O)(=O)N(CC(=O)Nc1ccc(C#N)cc1)c1ccc(C(F)(F)F)cc1. The van der Waals surface area contributed by atoms with E-state index < -0.39 is 34.2 Å². The van der Waals surface area contributed by atoms with Crippen molar-refractivity contribution >= 4 is 27.3 Å². The van der Waals surface area contributed by atoms with Crippen molar-refractivity contribution in [3.63, 3.8) is 0 Å². The number of nitrogens with zero attached hydrogens (tertiary/aromatic N) is 2. The van der Waals surface area contributed by atoms with Gasteiger partial charge in [0, 0.05) is 5.69 Å². The van der Waals surface area contributed by atoms with Gasteiger partial charge >= 0.3 is 6.18 Å². The van der Waals surface area contributed by atoms with Crippen molar-refractivity contribution in [3.8, 4) is 6.07 Å². The quantitative estimate of drug-likeness (QED) is 0.840. The van der Waals surface area contributed by atoms with E-state index in [1.807, 2.05) is 6.07 Å². The Morgan fingerprint density at radius 3 is 2.11 bits per heavy atom. The van der Waals surface area contributed by atoms with Crippen LogP contribution in [0.5, 0.6) is 0 Å². The van der Waals surface area contributed by atoms with Crippen molar-refractivity contribution in [1.82, 2.24) is 0 Å². The molecule has 0 aliphatic heterocycles. The van der Waals surface area contributed by atoms with Crippen molar-refractivity contribution in [2.75, 3.05) is 22.4 Å². The van der Waals surface area contributed by atoms with Gasteiger partial charge in [-0.1, -0.05) is 0 Å². The third-order valence-electron chi connectivity index (χ3n) is 3.47. The molecule has 0 atom stereocenters. The van der Waals surface area contributed by atoms with E-state index in [-0.39, 0.29) is 5.69 Å². The van der Waals surface area contributed by atoms with Crippen LogP contribution in [0.4, 0.5) is 24.5 Å². The number of anilines is 2.